The molecular formula is C12H24O4Si. The highest BCUT2D eigenvalue weighted by molar-refractivity contribution is 6.74. The molecule has 0 aromatic rings. The fraction of sp³-hybridized carbons (Fsp3) is 0.917. The van der Waals surface area contributed by atoms with Crippen molar-refractivity contribution in [1.82, 2.24) is 0 Å². The highest BCUT2D eigenvalue weighted by atomic mass is 28.4. The van der Waals surface area contributed by atoms with E-state index >= 15 is 0 Å². The van der Waals surface area contributed by atoms with Gasteiger partial charge in [0.05, 0.1) is 0 Å². The van der Waals surface area contributed by atoms with E-state index in [0.717, 1.165) is 12.8 Å². The van der Waals surface area contributed by atoms with Crippen molar-refractivity contribution in [2.45, 2.75) is 57.8 Å². The van der Waals surface area contributed by atoms with Crippen molar-refractivity contribution >= 4 is 14.3 Å². The highest BCUT2D eigenvalue weighted by Gasteiger charge is 2.53. The monoisotopic (exact) mass is 260 g/mol. The van der Waals surface area contributed by atoms with Gasteiger partial charge in [0.25, 0.3) is 0 Å². The third-order valence-electron chi connectivity index (χ3n) is 4.23. The fourth-order valence-corrected chi connectivity index (χ4v) is 2.54. The molecule has 4 nitrogen and oxygen atoms in total. The van der Waals surface area contributed by atoms with E-state index in [2.05, 4.69) is 33.9 Å². The Balaban J connectivity index is 2.60. The van der Waals surface area contributed by atoms with E-state index in [0.29, 0.717) is 6.61 Å². The zero-order chi connectivity index (χ0) is 13.5. The summed E-state index contributed by atoms with van der Waals surface area (Å²) in [5.41, 5.74) is -0.526. The molecule has 0 spiro atoms. The molecule has 0 bridgehead atoms. The first kappa shape index (κ1) is 14.7. The van der Waals surface area contributed by atoms with Crippen molar-refractivity contribution in [2.75, 3.05) is 6.61 Å². The van der Waals surface area contributed by atoms with Crippen molar-refractivity contribution < 1.29 is 19.4 Å². The van der Waals surface area contributed by atoms with Crippen molar-refractivity contribution in [3.63, 3.8) is 0 Å². The van der Waals surface area contributed by atoms with Gasteiger partial charge in [0.1, 0.15) is 0 Å². The van der Waals surface area contributed by atoms with E-state index in [9.17, 15) is 9.90 Å². The van der Waals surface area contributed by atoms with Gasteiger partial charge in [-0.05, 0) is 31.0 Å². The first-order valence-electron chi connectivity index (χ1n) is 6.07. The molecule has 1 unspecified atom stereocenters. The van der Waals surface area contributed by atoms with E-state index in [1.54, 1.807) is 0 Å². The number of aliphatic carboxylic acids is 1. The van der Waals surface area contributed by atoms with Crippen LogP contribution in [0.25, 0.3) is 0 Å². The molecule has 1 aliphatic carbocycles. The van der Waals surface area contributed by atoms with Gasteiger partial charge in [-0.25, -0.2) is 4.79 Å². The maximum atomic E-state index is 10.8. The first-order valence-corrected chi connectivity index (χ1v) is 8.97. The SMILES string of the molecule is CC(C)(C)[Si](C)(C)OCC1(C(O)C(=O)O)CC1. The number of hydrogen-bond donors (Lipinski definition) is 2. The molecule has 0 aromatic carbocycles. The molecule has 1 rings (SSSR count). The molecule has 5 heteroatoms. The van der Waals surface area contributed by atoms with Gasteiger partial charge in [-0.3, -0.25) is 0 Å². The number of carboxylic acid groups (broad SMARTS) is 1. The molecular weight excluding hydrogens is 236 g/mol. The van der Waals surface area contributed by atoms with Crippen molar-refractivity contribution in [3.8, 4) is 0 Å². The Morgan fingerprint density at radius 2 is 1.88 bits per heavy atom. The highest BCUT2D eigenvalue weighted by Crippen LogP contribution is 2.50. The van der Waals surface area contributed by atoms with Gasteiger partial charge >= 0.3 is 5.97 Å². The smallest absolute Gasteiger partial charge is 0.333 e. The lowest BCUT2D eigenvalue weighted by atomic mass is 10.0. The standard InChI is InChI=1S/C12H24O4Si/c1-11(2,3)17(4,5)16-8-12(6-7-12)9(13)10(14)15/h9,13H,6-8H2,1-5H3,(H,14,15). The van der Waals surface area contributed by atoms with Crippen LogP contribution in [-0.4, -0.2) is 37.2 Å². The number of aliphatic hydroxyl groups is 1. The molecule has 0 amide bonds. The van der Waals surface area contributed by atoms with Crippen LogP contribution in [0, 0.1) is 5.41 Å². The third kappa shape index (κ3) is 3.08. The third-order valence-corrected chi connectivity index (χ3v) is 8.71. The molecule has 0 aliphatic heterocycles. The van der Waals surface area contributed by atoms with Crippen LogP contribution >= 0.6 is 0 Å². The molecule has 1 aliphatic rings. The minimum atomic E-state index is -1.86. The summed E-state index contributed by atoms with van der Waals surface area (Å²) >= 11 is 0. The predicted molar refractivity (Wildman–Crippen MR) is 68.5 cm³/mol. The predicted octanol–water partition coefficient (Wildman–Crippen LogP) is 2.23. The summed E-state index contributed by atoms with van der Waals surface area (Å²) in [7, 11) is -1.86. The molecule has 0 radical (unpaired) electrons. The van der Waals surface area contributed by atoms with E-state index in [-0.39, 0.29) is 5.04 Å². The van der Waals surface area contributed by atoms with Crippen molar-refractivity contribution in [1.29, 1.82) is 0 Å². The summed E-state index contributed by atoms with van der Waals surface area (Å²) in [6.45, 7) is 11.1. The Morgan fingerprint density at radius 3 is 2.18 bits per heavy atom. The van der Waals surface area contributed by atoms with Gasteiger partial charge in [-0.15, -0.1) is 0 Å². The minimum Gasteiger partial charge on any atom is -0.479 e. The van der Waals surface area contributed by atoms with E-state index < -0.39 is 25.8 Å². The Kier molecular flexibility index (Phi) is 3.77. The van der Waals surface area contributed by atoms with Gasteiger partial charge in [0.2, 0.25) is 0 Å². The lowest BCUT2D eigenvalue weighted by molar-refractivity contribution is -0.151. The van der Waals surface area contributed by atoms with E-state index in [1.165, 1.54) is 0 Å². The summed E-state index contributed by atoms with van der Waals surface area (Å²) in [4.78, 5) is 10.8. The molecule has 1 fully saturated rings. The zero-order valence-corrected chi connectivity index (χ0v) is 12.4. The molecule has 0 aromatic heterocycles. The number of carbonyl (C=O) groups is 1. The quantitative estimate of drug-likeness (QED) is 0.744. The molecule has 0 saturated heterocycles. The molecule has 0 heterocycles. The Hall–Kier alpha value is -0.393. The van der Waals surface area contributed by atoms with Crippen LogP contribution in [0.3, 0.4) is 0 Å². The second-order valence-corrected chi connectivity index (χ2v) is 11.5. The zero-order valence-electron chi connectivity index (χ0n) is 11.4. The van der Waals surface area contributed by atoms with Crippen molar-refractivity contribution in [3.05, 3.63) is 0 Å². The Morgan fingerprint density at radius 1 is 1.41 bits per heavy atom. The van der Waals surface area contributed by atoms with Crippen LogP contribution in [0.4, 0.5) is 0 Å². The minimum absolute atomic E-state index is 0.108. The van der Waals surface area contributed by atoms with Gasteiger partial charge in [0, 0.05) is 12.0 Å². The van der Waals surface area contributed by atoms with Gasteiger partial charge in [-0.2, -0.15) is 0 Å². The average molecular weight is 260 g/mol. The molecule has 1 saturated carbocycles. The van der Waals surface area contributed by atoms with Gasteiger partial charge < -0.3 is 14.6 Å². The average Bonchev–Trinajstić information content (AvgIpc) is 2.93. The van der Waals surface area contributed by atoms with Crippen LogP contribution in [0.15, 0.2) is 0 Å². The molecule has 100 valence electrons. The second-order valence-electron chi connectivity index (χ2n) is 6.65. The largest absolute Gasteiger partial charge is 0.479 e. The number of aliphatic hydroxyl groups excluding tert-OH is 1. The Labute approximate surface area is 104 Å². The summed E-state index contributed by atoms with van der Waals surface area (Å²) in [6, 6.07) is 0. The van der Waals surface area contributed by atoms with Gasteiger partial charge in [0.15, 0.2) is 14.4 Å². The summed E-state index contributed by atoms with van der Waals surface area (Å²) in [5, 5.41) is 18.6. The summed E-state index contributed by atoms with van der Waals surface area (Å²) in [5.74, 6) is -1.14. The van der Waals surface area contributed by atoms with Crippen LogP contribution in [0.5, 0.6) is 0 Å². The Bertz CT molecular complexity index is 302. The lowest BCUT2D eigenvalue weighted by Gasteiger charge is -2.37. The lowest BCUT2D eigenvalue weighted by Crippen LogP contribution is -2.44. The number of hydrogen-bond acceptors (Lipinski definition) is 3. The maximum Gasteiger partial charge on any atom is 0.333 e. The van der Waals surface area contributed by atoms with Crippen LogP contribution < -0.4 is 0 Å². The maximum absolute atomic E-state index is 10.8. The number of carboxylic acids is 1. The van der Waals surface area contributed by atoms with E-state index in [4.69, 9.17) is 9.53 Å². The van der Waals surface area contributed by atoms with Crippen LogP contribution in [-0.2, 0) is 9.22 Å². The van der Waals surface area contributed by atoms with Crippen LogP contribution in [0.1, 0.15) is 33.6 Å². The van der Waals surface area contributed by atoms with Crippen LogP contribution in [0.2, 0.25) is 18.1 Å². The normalized spacial score (nSPS) is 21.1. The topological polar surface area (TPSA) is 66.8 Å². The van der Waals surface area contributed by atoms with Gasteiger partial charge in [-0.1, -0.05) is 20.8 Å². The summed E-state index contributed by atoms with van der Waals surface area (Å²) < 4.78 is 6.01. The van der Waals surface area contributed by atoms with Crippen molar-refractivity contribution in [2.24, 2.45) is 5.41 Å². The molecule has 1 atom stereocenters. The molecule has 17 heavy (non-hydrogen) atoms. The van der Waals surface area contributed by atoms with E-state index in [1.807, 2.05) is 0 Å². The summed E-state index contributed by atoms with van der Waals surface area (Å²) in [6.07, 6.45) is 0.205. The number of rotatable bonds is 5. The fourth-order valence-electron chi connectivity index (χ4n) is 1.46. The second kappa shape index (κ2) is 4.37. The first-order chi connectivity index (χ1) is 7.52. The molecule has 2 N–H and O–H groups in total.